The predicted octanol–water partition coefficient (Wildman–Crippen LogP) is 2.37. The van der Waals surface area contributed by atoms with Crippen LogP contribution in [0.1, 0.15) is 53.4 Å². The van der Waals surface area contributed by atoms with E-state index in [9.17, 15) is 18.0 Å². The number of carbonyl (C=O) groups excluding carboxylic acids is 2. The molecule has 0 spiro atoms. The van der Waals surface area contributed by atoms with Gasteiger partial charge >= 0.3 is 0 Å². The molecule has 1 amide bonds. The summed E-state index contributed by atoms with van der Waals surface area (Å²) in [6, 6.07) is 1.84. The average molecular weight is 396 g/mol. The van der Waals surface area contributed by atoms with Crippen LogP contribution in [0, 0.1) is 20.8 Å². The normalized spacial score (nSPS) is 20.6. The van der Waals surface area contributed by atoms with Crippen LogP contribution in [0.5, 0.6) is 0 Å². The van der Waals surface area contributed by atoms with Crippen LogP contribution >= 0.6 is 0 Å². The summed E-state index contributed by atoms with van der Waals surface area (Å²) in [6.07, 6.45) is -0.222. The Morgan fingerprint density at radius 3 is 2.19 bits per heavy atom. The number of hydrogen-bond donors (Lipinski definition) is 0. The van der Waals surface area contributed by atoms with Crippen molar-refractivity contribution < 1.29 is 22.7 Å². The highest BCUT2D eigenvalue weighted by Gasteiger charge is 2.29. The van der Waals surface area contributed by atoms with Gasteiger partial charge in [0.15, 0.2) is 15.6 Å². The first-order valence-corrected chi connectivity index (χ1v) is 11.0. The maximum atomic E-state index is 12.7. The number of morpholine rings is 1. The number of rotatable bonds is 5. The van der Waals surface area contributed by atoms with Crippen molar-refractivity contribution in [2.75, 3.05) is 18.8 Å². The molecular weight excluding hydrogens is 366 g/mol. The smallest absolute Gasteiger partial charge is 0.237 e. The summed E-state index contributed by atoms with van der Waals surface area (Å²) in [6.45, 7) is 11.5. The van der Waals surface area contributed by atoms with Crippen molar-refractivity contribution in [3.05, 3.63) is 33.9 Å². The largest absolute Gasteiger partial charge is 0.372 e. The highest BCUT2D eigenvalue weighted by molar-refractivity contribution is 7.91. The molecule has 1 fully saturated rings. The second-order valence-electron chi connectivity index (χ2n) is 7.63. The van der Waals surface area contributed by atoms with Crippen LogP contribution in [0.3, 0.4) is 0 Å². The molecule has 0 unspecified atom stereocenters. The van der Waals surface area contributed by atoms with E-state index in [4.69, 9.17) is 4.74 Å². The zero-order valence-corrected chi connectivity index (χ0v) is 17.8. The molecule has 0 bridgehead atoms. The minimum atomic E-state index is -3.66. The number of carbonyl (C=O) groups is 2. The summed E-state index contributed by atoms with van der Waals surface area (Å²) < 4.78 is 31.0. The van der Waals surface area contributed by atoms with Crippen molar-refractivity contribution in [2.24, 2.45) is 0 Å². The summed E-state index contributed by atoms with van der Waals surface area (Å²) in [5.41, 5.74) is 3.52. The lowest BCUT2D eigenvalue weighted by molar-refractivity contribution is -0.140. The fourth-order valence-corrected chi connectivity index (χ4v) is 5.47. The van der Waals surface area contributed by atoms with Gasteiger partial charge < -0.3 is 9.64 Å². The number of ether oxygens (including phenoxy) is 1. The maximum Gasteiger partial charge on any atom is 0.237 e. The van der Waals surface area contributed by atoms with Gasteiger partial charge in [-0.05, 0) is 63.8 Å². The van der Waals surface area contributed by atoms with E-state index in [1.54, 1.807) is 11.8 Å². The minimum Gasteiger partial charge on any atom is -0.372 e. The fraction of sp³-hybridized carbons (Fsp3) is 0.600. The summed E-state index contributed by atoms with van der Waals surface area (Å²) in [5, 5.41) is 0. The van der Waals surface area contributed by atoms with Gasteiger partial charge in [-0.1, -0.05) is 6.07 Å². The number of nitrogens with zero attached hydrogens (tertiary/aromatic N) is 1. The van der Waals surface area contributed by atoms with Crippen LogP contribution in [0.2, 0.25) is 0 Å². The third kappa shape index (κ3) is 5.17. The zero-order chi connectivity index (χ0) is 20.5. The molecule has 0 aromatic heterocycles. The first kappa shape index (κ1) is 21.6. The lowest BCUT2D eigenvalue weighted by Crippen LogP contribution is -2.49. The van der Waals surface area contributed by atoms with E-state index in [-0.39, 0.29) is 23.7 Å². The van der Waals surface area contributed by atoms with Gasteiger partial charge in [0.05, 0.1) is 18.0 Å². The fourth-order valence-electron chi connectivity index (χ4n) is 3.92. The van der Waals surface area contributed by atoms with Crippen molar-refractivity contribution in [1.82, 2.24) is 4.90 Å². The van der Waals surface area contributed by atoms with E-state index >= 15 is 0 Å². The molecule has 1 aliphatic heterocycles. The van der Waals surface area contributed by atoms with Gasteiger partial charge in [-0.15, -0.1) is 0 Å². The first-order chi connectivity index (χ1) is 12.4. The summed E-state index contributed by atoms with van der Waals surface area (Å²) in [4.78, 5) is 26.0. The number of hydrogen-bond acceptors (Lipinski definition) is 5. The highest BCUT2D eigenvalue weighted by atomic mass is 32.2. The molecule has 2 rings (SSSR count). The van der Waals surface area contributed by atoms with Gasteiger partial charge in [0.25, 0.3) is 0 Å². The minimum absolute atomic E-state index is 0.0870. The Balaban J connectivity index is 2.23. The van der Waals surface area contributed by atoms with E-state index in [1.807, 2.05) is 33.8 Å². The molecule has 7 heteroatoms. The number of sulfone groups is 1. The standard InChI is InChI=1S/C20H29NO5S/c1-12-7-13(2)20(17(6)22)16(5)18(12)10-27(24,25)11-19(23)21-8-14(3)26-15(4)9-21/h7,14-15H,8-11H2,1-6H3/t14-,15-/m1/s1. The average Bonchev–Trinajstić information content (AvgIpc) is 2.49. The molecule has 0 N–H and O–H groups in total. The van der Waals surface area contributed by atoms with Crippen LogP contribution in [0.25, 0.3) is 0 Å². The summed E-state index contributed by atoms with van der Waals surface area (Å²) >= 11 is 0. The molecule has 2 atom stereocenters. The second kappa shape index (κ2) is 8.10. The van der Waals surface area contributed by atoms with Gasteiger partial charge in [-0.2, -0.15) is 0 Å². The monoisotopic (exact) mass is 395 g/mol. The van der Waals surface area contributed by atoms with E-state index in [2.05, 4.69) is 0 Å². The Kier molecular flexibility index (Phi) is 6.47. The third-order valence-corrected chi connectivity index (χ3v) is 6.38. The van der Waals surface area contributed by atoms with Crippen LogP contribution in [-0.2, 0) is 25.1 Å². The second-order valence-corrected chi connectivity index (χ2v) is 9.70. The molecule has 1 aliphatic rings. The van der Waals surface area contributed by atoms with E-state index in [0.717, 1.165) is 11.1 Å². The number of ketones is 1. The molecule has 0 saturated carbocycles. The van der Waals surface area contributed by atoms with Gasteiger partial charge in [-0.3, -0.25) is 9.59 Å². The molecular formula is C20H29NO5S. The molecule has 0 radical (unpaired) electrons. The molecule has 150 valence electrons. The molecule has 1 aromatic rings. The van der Waals surface area contributed by atoms with Crippen molar-refractivity contribution >= 4 is 21.5 Å². The van der Waals surface area contributed by atoms with Crippen LogP contribution in [0.4, 0.5) is 0 Å². The lowest BCUT2D eigenvalue weighted by Gasteiger charge is -2.35. The van der Waals surface area contributed by atoms with Gasteiger partial charge in [-0.25, -0.2) is 8.42 Å². The summed E-state index contributed by atoms with van der Waals surface area (Å²) in [7, 11) is -3.66. The zero-order valence-electron chi connectivity index (χ0n) is 17.0. The van der Waals surface area contributed by atoms with E-state index < -0.39 is 21.5 Å². The van der Waals surface area contributed by atoms with Crippen LogP contribution in [0.15, 0.2) is 6.07 Å². The Labute approximate surface area is 161 Å². The Bertz CT molecular complexity index is 850. The summed E-state index contributed by atoms with van der Waals surface area (Å²) in [5.74, 6) is -1.26. The van der Waals surface area contributed by atoms with Gasteiger partial charge in [0.2, 0.25) is 5.91 Å². The predicted molar refractivity (Wildman–Crippen MR) is 105 cm³/mol. The van der Waals surface area contributed by atoms with Crippen LogP contribution in [-0.4, -0.2) is 56.1 Å². The molecule has 1 heterocycles. The van der Waals surface area contributed by atoms with Crippen molar-refractivity contribution in [3.63, 3.8) is 0 Å². The number of benzene rings is 1. The Hall–Kier alpha value is -1.73. The lowest BCUT2D eigenvalue weighted by atomic mass is 9.92. The Morgan fingerprint density at radius 1 is 1.11 bits per heavy atom. The quantitative estimate of drug-likeness (QED) is 0.715. The third-order valence-electron chi connectivity index (χ3n) is 4.96. The maximum absolute atomic E-state index is 12.7. The van der Waals surface area contributed by atoms with Gasteiger partial charge in [0.1, 0.15) is 5.75 Å². The van der Waals surface area contributed by atoms with Crippen molar-refractivity contribution in [1.29, 1.82) is 0 Å². The van der Waals surface area contributed by atoms with Crippen molar-refractivity contribution in [2.45, 2.75) is 59.5 Å². The van der Waals surface area contributed by atoms with Gasteiger partial charge in [0, 0.05) is 18.7 Å². The molecule has 6 nitrogen and oxygen atoms in total. The molecule has 27 heavy (non-hydrogen) atoms. The number of Topliss-reactive ketones (excluding diaryl/α,β-unsaturated/α-hetero) is 1. The molecule has 1 aromatic carbocycles. The van der Waals surface area contributed by atoms with E-state index in [1.165, 1.54) is 6.92 Å². The number of amides is 1. The first-order valence-electron chi connectivity index (χ1n) is 9.15. The topological polar surface area (TPSA) is 80.8 Å². The highest BCUT2D eigenvalue weighted by Crippen LogP contribution is 2.25. The molecule has 0 aliphatic carbocycles. The molecule has 1 saturated heterocycles. The Morgan fingerprint density at radius 2 is 1.67 bits per heavy atom. The van der Waals surface area contributed by atoms with Crippen molar-refractivity contribution in [3.8, 4) is 0 Å². The van der Waals surface area contributed by atoms with E-state index in [0.29, 0.717) is 29.8 Å². The van der Waals surface area contributed by atoms with Crippen LogP contribution < -0.4 is 0 Å². The SMILES string of the molecule is CC(=O)c1c(C)cc(C)c(CS(=O)(=O)CC(=O)N2C[C@@H](C)O[C@H](C)C2)c1C. The number of aryl methyl sites for hydroxylation is 2.